The van der Waals surface area contributed by atoms with Crippen molar-refractivity contribution in [1.82, 2.24) is 0 Å². The van der Waals surface area contributed by atoms with Crippen LogP contribution in [0.15, 0.2) is 34.8 Å². The first-order valence-corrected chi connectivity index (χ1v) is 6.77. The number of rotatable bonds is 2. The van der Waals surface area contributed by atoms with E-state index in [0.29, 0.717) is 22.3 Å². The SMILES string of the molecule is Cc1ccc(C(=O)c2cc(C)c(F)c(C)c2)c(Br)c1. The topological polar surface area (TPSA) is 17.1 Å². The zero-order valence-corrected chi connectivity index (χ0v) is 12.6. The monoisotopic (exact) mass is 320 g/mol. The molecule has 3 heteroatoms. The van der Waals surface area contributed by atoms with Gasteiger partial charge in [-0.2, -0.15) is 0 Å². The van der Waals surface area contributed by atoms with Crippen molar-refractivity contribution in [1.29, 1.82) is 0 Å². The lowest BCUT2D eigenvalue weighted by atomic mass is 9.98. The Labute approximate surface area is 120 Å². The van der Waals surface area contributed by atoms with E-state index in [4.69, 9.17) is 0 Å². The van der Waals surface area contributed by atoms with Crippen molar-refractivity contribution < 1.29 is 9.18 Å². The molecule has 0 amide bonds. The van der Waals surface area contributed by atoms with Gasteiger partial charge in [0.25, 0.3) is 0 Å². The van der Waals surface area contributed by atoms with Gasteiger partial charge in [-0.3, -0.25) is 4.79 Å². The van der Waals surface area contributed by atoms with Gasteiger partial charge in [-0.15, -0.1) is 0 Å². The fourth-order valence-electron chi connectivity index (χ4n) is 2.04. The van der Waals surface area contributed by atoms with Gasteiger partial charge in [0, 0.05) is 15.6 Å². The van der Waals surface area contributed by atoms with Gasteiger partial charge in [-0.25, -0.2) is 4.39 Å². The Balaban J connectivity index is 2.50. The third kappa shape index (κ3) is 2.76. The van der Waals surface area contributed by atoms with Crippen LogP contribution < -0.4 is 0 Å². The average molecular weight is 321 g/mol. The second kappa shape index (κ2) is 5.25. The van der Waals surface area contributed by atoms with Crippen LogP contribution in [0.4, 0.5) is 4.39 Å². The summed E-state index contributed by atoms with van der Waals surface area (Å²) in [6.07, 6.45) is 0. The molecule has 0 spiro atoms. The smallest absolute Gasteiger partial charge is 0.194 e. The van der Waals surface area contributed by atoms with E-state index in [-0.39, 0.29) is 11.6 Å². The molecule has 0 unspecified atom stereocenters. The van der Waals surface area contributed by atoms with Crippen LogP contribution in [0.3, 0.4) is 0 Å². The first kappa shape index (κ1) is 13.9. The fourth-order valence-corrected chi connectivity index (χ4v) is 2.71. The number of carbonyl (C=O) groups excluding carboxylic acids is 1. The Morgan fingerprint density at radius 2 is 1.63 bits per heavy atom. The van der Waals surface area contributed by atoms with Gasteiger partial charge in [0.05, 0.1) is 0 Å². The van der Waals surface area contributed by atoms with Gasteiger partial charge >= 0.3 is 0 Å². The molecule has 0 radical (unpaired) electrons. The van der Waals surface area contributed by atoms with Gasteiger partial charge < -0.3 is 0 Å². The number of aryl methyl sites for hydroxylation is 3. The molecule has 2 aromatic carbocycles. The van der Waals surface area contributed by atoms with Crippen molar-refractivity contribution >= 4 is 21.7 Å². The highest BCUT2D eigenvalue weighted by Gasteiger charge is 2.15. The standard InChI is InChI=1S/C16H14BrFO/c1-9-4-5-13(14(17)6-9)16(19)12-7-10(2)15(18)11(3)8-12/h4-8H,1-3H3. The molecule has 0 aromatic heterocycles. The van der Waals surface area contributed by atoms with E-state index in [2.05, 4.69) is 15.9 Å². The quantitative estimate of drug-likeness (QED) is 0.730. The maximum atomic E-state index is 13.6. The van der Waals surface area contributed by atoms with E-state index < -0.39 is 0 Å². The van der Waals surface area contributed by atoms with Gasteiger partial charge in [-0.1, -0.05) is 22.0 Å². The molecule has 0 heterocycles. The van der Waals surface area contributed by atoms with E-state index >= 15 is 0 Å². The van der Waals surface area contributed by atoms with Crippen LogP contribution in [0.5, 0.6) is 0 Å². The van der Waals surface area contributed by atoms with Crippen LogP contribution >= 0.6 is 15.9 Å². The molecule has 0 N–H and O–H groups in total. The molecule has 2 rings (SSSR count). The van der Waals surface area contributed by atoms with Crippen LogP contribution in [0, 0.1) is 26.6 Å². The van der Waals surface area contributed by atoms with Crippen molar-refractivity contribution in [3.63, 3.8) is 0 Å². The summed E-state index contributed by atoms with van der Waals surface area (Å²) in [7, 11) is 0. The summed E-state index contributed by atoms with van der Waals surface area (Å²) in [6, 6.07) is 8.77. The molecule has 19 heavy (non-hydrogen) atoms. The molecular formula is C16H14BrFO. The minimum atomic E-state index is -0.250. The molecule has 0 aliphatic carbocycles. The van der Waals surface area contributed by atoms with Crippen molar-refractivity contribution in [2.24, 2.45) is 0 Å². The lowest BCUT2D eigenvalue weighted by Crippen LogP contribution is -2.04. The van der Waals surface area contributed by atoms with Crippen LogP contribution in [0.1, 0.15) is 32.6 Å². The summed E-state index contributed by atoms with van der Waals surface area (Å²) in [6.45, 7) is 5.30. The van der Waals surface area contributed by atoms with Crippen molar-refractivity contribution in [3.05, 3.63) is 68.4 Å². The van der Waals surface area contributed by atoms with Gasteiger partial charge in [0.2, 0.25) is 0 Å². The van der Waals surface area contributed by atoms with Crippen molar-refractivity contribution in [3.8, 4) is 0 Å². The summed E-state index contributed by atoms with van der Waals surface area (Å²) >= 11 is 3.40. The number of carbonyl (C=O) groups is 1. The number of ketones is 1. The molecular weight excluding hydrogens is 307 g/mol. The van der Waals surface area contributed by atoms with E-state index in [9.17, 15) is 9.18 Å². The van der Waals surface area contributed by atoms with Gasteiger partial charge in [0.1, 0.15) is 5.82 Å². The molecule has 98 valence electrons. The summed E-state index contributed by atoms with van der Waals surface area (Å²) in [5.41, 5.74) is 3.17. The lowest BCUT2D eigenvalue weighted by Gasteiger charge is -2.08. The fraction of sp³-hybridized carbons (Fsp3) is 0.188. The molecule has 0 aliphatic heterocycles. The molecule has 2 aromatic rings. The van der Waals surface area contributed by atoms with Gasteiger partial charge in [-0.05, 0) is 61.7 Å². The van der Waals surface area contributed by atoms with Crippen LogP contribution in [-0.2, 0) is 0 Å². The number of halogens is 2. The van der Waals surface area contributed by atoms with Gasteiger partial charge in [0.15, 0.2) is 5.78 Å². The molecule has 0 saturated heterocycles. The Morgan fingerprint density at radius 1 is 1.05 bits per heavy atom. The number of hydrogen-bond acceptors (Lipinski definition) is 1. The third-order valence-corrected chi connectivity index (χ3v) is 3.72. The Morgan fingerprint density at radius 3 is 2.16 bits per heavy atom. The Kier molecular flexibility index (Phi) is 3.85. The number of hydrogen-bond donors (Lipinski definition) is 0. The summed E-state index contributed by atoms with van der Waals surface area (Å²) < 4.78 is 14.3. The summed E-state index contributed by atoms with van der Waals surface area (Å²) in [5, 5.41) is 0. The predicted octanol–water partition coefficient (Wildman–Crippen LogP) is 4.74. The van der Waals surface area contributed by atoms with E-state index in [0.717, 1.165) is 10.0 Å². The second-order valence-electron chi connectivity index (χ2n) is 4.74. The minimum absolute atomic E-state index is 0.0990. The van der Waals surface area contributed by atoms with Crippen LogP contribution in [0.25, 0.3) is 0 Å². The molecule has 0 aliphatic rings. The van der Waals surface area contributed by atoms with E-state index in [1.165, 1.54) is 0 Å². The molecule has 0 bridgehead atoms. The van der Waals surface area contributed by atoms with Crippen LogP contribution in [0.2, 0.25) is 0 Å². The minimum Gasteiger partial charge on any atom is -0.289 e. The average Bonchev–Trinajstić information content (AvgIpc) is 2.34. The van der Waals surface area contributed by atoms with Crippen LogP contribution in [-0.4, -0.2) is 5.78 Å². The highest BCUT2D eigenvalue weighted by molar-refractivity contribution is 9.10. The number of benzene rings is 2. The summed E-state index contributed by atoms with van der Waals surface area (Å²) in [4.78, 5) is 12.4. The first-order valence-electron chi connectivity index (χ1n) is 5.97. The second-order valence-corrected chi connectivity index (χ2v) is 5.59. The predicted molar refractivity (Wildman–Crippen MR) is 78.2 cm³/mol. The molecule has 0 atom stereocenters. The zero-order valence-electron chi connectivity index (χ0n) is 11.1. The normalized spacial score (nSPS) is 10.6. The third-order valence-electron chi connectivity index (χ3n) is 3.07. The van der Waals surface area contributed by atoms with E-state index in [1.807, 2.05) is 19.1 Å². The maximum Gasteiger partial charge on any atom is 0.194 e. The maximum absolute atomic E-state index is 13.6. The van der Waals surface area contributed by atoms with E-state index in [1.54, 1.807) is 32.0 Å². The Hall–Kier alpha value is -1.48. The lowest BCUT2D eigenvalue weighted by molar-refractivity contribution is 0.103. The largest absolute Gasteiger partial charge is 0.289 e. The molecule has 0 saturated carbocycles. The summed E-state index contributed by atoms with van der Waals surface area (Å²) in [5.74, 6) is -0.349. The highest BCUT2D eigenvalue weighted by atomic mass is 79.9. The van der Waals surface area contributed by atoms with Crippen molar-refractivity contribution in [2.45, 2.75) is 20.8 Å². The molecule has 0 fully saturated rings. The molecule has 1 nitrogen and oxygen atoms in total. The Bertz CT molecular complexity index is 639. The zero-order chi connectivity index (χ0) is 14.2. The highest BCUT2D eigenvalue weighted by Crippen LogP contribution is 2.23. The first-order chi connectivity index (χ1) is 8.90. The van der Waals surface area contributed by atoms with Crippen molar-refractivity contribution in [2.75, 3.05) is 0 Å².